The lowest BCUT2D eigenvalue weighted by atomic mass is 10.1. The maximum Gasteiger partial charge on any atom is 0.253 e. The van der Waals surface area contributed by atoms with E-state index in [1.54, 1.807) is 17.5 Å². The molecule has 1 fully saturated rings. The number of thiazole rings is 1. The van der Waals surface area contributed by atoms with Crippen molar-refractivity contribution in [3.05, 3.63) is 84.1 Å². The number of hydrogen-bond donors (Lipinski definition) is 0. The number of amides is 1. The Morgan fingerprint density at radius 1 is 0.935 bits per heavy atom. The zero-order chi connectivity index (χ0) is 21.0. The molecule has 156 valence electrons. The van der Waals surface area contributed by atoms with Crippen molar-refractivity contribution in [2.45, 2.75) is 6.61 Å². The van der Waals surface area contributed by atoms with Crippen molar-refractivity contribution < 1.29 is 9.53 Å². The maximum absolute atomic E-state index is 12.9. The van der Waals surface area contributed by atoms with Crippen molar-refractivity contribution in [1.82, 2.24) is 14.9 Å². The van der Waals surface area contributed by atoms with Gasteiger partial charge in [0, 0.05) is 37.9 Å². The monoisotopic (exact) mass is 430 g/mol. The molecule has 0 saturated carbocycles. The molecule has 1 saturated heterocycles. The molecule has 0 radical (unpaired) electrons. The van der Waals surface area contributed by atoms with Crippen molar-refractivity contribution >= 4 is 32.7 Å². The van der Waals surface area contributed by atoms with Crippen molar-refractivity contribution in [3.8, 4) is 5.75 Å². The number of fused-ring (bicyclic) bond motifs is 1. The van der Waals surface area contributed by atoms with Gasteiger partial charge in [-0.2, -0.15) is 0 Å². The van der Waals surface area contributed by atoms with Gasteiger partial charge in [0.25, 0.3) is 5.91 Å². The van der Waals surface area contributed by atoms with Crippen LogP contribution in [0.25, 0.3) is 10.3 Å². The molecule has 0 atom stereocenters. The van der Waals surface area contributed by atoms with Crippen LogP contribution in [0, 0.1) is 0 Å². The van der Waals surface area contributed by atoms with Gasteiger partial charge in [-0.3, -0.25) is 4.79 Å². The maximum atomic E-state index is 12.9. The molecular formula is C24H22N4O2S. The lowest BCUT2D eigenvalue weighted by Crippen LogP contribution is -2.48. The van der Waals surface area contributed by atoms with Crippen LogP contribution in [0.4, 0.5) is 5.13 Å². The molecule has 0 bridgehead atoms. The summed E-state index contributed by atoms with van der Waals surface area (Å²) >= 11 is 1.60. The van der Waals surface area contributed by atoms with Gasteiger partial charge < -0.3 is 14.5 Å². The van der Waals surface area contributed by atoms with Gasteiger partial charge in [-0.1, -0.05) is 41.7 Å². The van der Waals surface area contributed by atoms with Crippen molar-refractivity contribution in [2.75, 3.05) is 31.1 Å². The molecule has 2 aromatic carbocycles. The molecule has 0 spiro atoms. The molecule has 31 heavy (non-hydrogen) atoms. The number of anilines is 1. The van der Waals surface area contributed by atoms with E-state index < -0.39 is 0 Å². The highest BCUT2D eigenvalue weighted by molar-refractivity contribution is 7.21. The summed E-state index contributed by atoms with van der Waals surface area (Å²) in [6.07, 6.45) is 1.79. The molecule has 7 heteroatoms. The number of carbonyl (C=O) groups excluding carboxylic acids is 1. The average Bonchev–Trinajstić information content (AvgIpc) is 3.28. The molecule has 0 N–H and O–H groups in total. The molecule has 4 aromatic rings. The van der Waals surface area contributed by atoms with Gasteiger partial charge in [0.05, 0.1) is 0 Å². The Morgan fingerprint density at radius 3 is 2.45 bits per heavy atom. The number of para-hydroxylation sites is 1. The Hall–Kier alpha value is -3.45. The first kappa shape index (κ1) is 19.5. The number of rotatable bonds is 5. The van der Waals surface area contributed by atoms with Gasteiger partial charge in [0.2, 0.25) is 0 Å². The fourth-order valence-electron chi connectivity index (χ4n) is 3.60. The zero-order valence-electron chi connectivity index (χ0n) is 17.0. The van der Waals surface area contributed by atoms with E-state index in [-0.39, 0.29) is 5.91 Å². The van der Waals surface area contributed by atoms with E-state index >= 15 is 0 Å². The van der Waals surface area contributed by atoms with Gasteiger partial charge >= 0.3 is 0 Å². The predicted octanol–water partition coefficient (Wildman–Crippen LogP) is 4.23. The second-order valence-electron chi connectivity index (χ2n) is 7.40. The summed E-state index contributed by atoms with van der Waals surface area (Å²) in [6.45, 7) is 3.39. The van der Waals surface area contributed by atoms with Gasteiger partial charge in [0.1, 0.15) is 22.7 Å². The number of piperazine rings is 1. The molecule has 1 amide bonds. The van der Waals surface area contributed by atoms with Crippen molar-refractivity contribution in [1.29, 1.82) is 0 Å². The van der Waals surface area contributed by atoms with Crippen LogP contribution in [-0.2, 0) is 6.61 Å². The number of pyridine rings is 1. The molecule has 3 heterocycles. The van der Waals surface area contributed by atoms with Crippen LogP contribution in [0.3, 0.4) is 0 Å². The molecule has 5 rings (SSSR count). The van der Waals surface area contributed by atoms with Crippen molar-refractivity contribution in [3.63, 3.8) is 0 Å². The lowest BCUT2D eigenvalue weighted by Gasteiger charge is -2.34. The third-order valence-electron chi connectivity index (χ3n) is 5.34. The number of benzene rings is 2. The van der Waals surface area contributed by atoms with Crippen LogP contribution in [0.15, 0.2) is 72.9 Å². The summed E-state index contributed by atoms with van der Waals surface area (Å²) in [7, 11) is 0. The fourth-order valence-corrected chi connectivity index (χ4v) is 4.56. The van der Waals surface area contributed by atoms with Crippen LogP contribution < -0.4 is 9.64 Å². The minimum absolute atomic E-state index is 0.0705. The van der Waals surface area contributed by atoms with Crippen LogP contribution in [0.2, 0.25) is 0 Å². The van der Waals surface area contributed by atoms with E-state index in [4.69, 9.17) is 4.74 Å². The first-order valence-corrected chi connectivity index (χ1v) is 11.1. The van der Waals surface area contributed by atoms with E-state index in [9.17, 15) is 4.79 Å². The van der Waals surface area contributed by atoms with Crippen molar-refractivity contribution in [2.24, 2.45) is 0 Å². The minimum atomic E-state index is 0.0705. The van der Waals surface area contributed by atoms with Crippen LogP contribution in [0.1, 0.15) is 15.9 Å². The van der Waals surface area contributed by atoms with Crippen LogP contribution >= 0.6 is 11.3 Å². The molecule has 1 aliphatic heterocycles. The van der Waals surface area contributed by atoms with Gasteiger partial charge in [-0.05, 0) is 42.0 Å². The predicted molar refractivity (Wildman–Crippen MR) is 123 cm³/mol. The highest BCUT2D eigenvalue weighted by Crippen LogP contribution is 2.27. The largest absolute Gasteiger partial charge is 0.489 e. The van der Waals surface area contributed by atoms with Crippen LogP contribution in [-0.4, -0.2) is 47.0 Å². The highest BCUT2D eigenvalue weighted by Gasteiger charge is 2.24. The Labute approximate surface area is 184 Å². The summed E-state index contributed by atoms with van der Waals surface area (Å²) in [5, 5.41) is 0.976. The molecule has 0 unspecified atom stereocenters. The summed E-state index contributed by atoms with van der Waals surface area (Å²) < 4.78 is 5.77. The topological polar surface area (TPSA) is 58.6 Å². The zero-order valence-corrected chi connectivity index (χ0v) is 17.8. The lowest BCUT2D eigenvalue weighted by molar-refractivity contribution is 0.0746. The first-order valence-electron chi connectivity index (χ1n) is 10.3. The smallest absolute Gasteiger partial charge is 0.253 e. The quantitative estimate of drug-likeness (QED) is 0.474. The van der Waals surface area contributed by atoms with Gasteiger partial charge in [-0.15, -0.1) is 0 Å². The average molecular weight is 431 g/mol. The summed E-state index contributed by atoms with van der Waals surface area (Å²) in [6, 6.07) is 21.3. The third kappa shape index (κ3) is 4.36. The second kappa shape index (κ2) is 8.73. The van der Waals surface area contributed by atoms with E-state index in [1.807, 2.05) is 71.6 Å². The van der Waals surface area contributed by atoms with E-state index in [0.717, 1.165) is 39.9 Å². The molecular weight excluding hydrogens is 408 g/mol. The Kier molecular flexibility index (Phi) is 5.50. The highest BCUT2D eigenvalue weighted by atomic mass is 32.1. The van der Waals surface area contributed by atoms with Gasteiger partial charge in [0.15, 0.2) is 5.13 Å². The molecule has 6 nitrogen and oxygen atoms in total. The number of nitrogens with zero attached hydrogens (tertiary/aromatic N) is 4. The molecule has 0 aliphatic carbocycles. The number of hydrogen-bond acceptors (Lipinski definition) is 6. The third-order valence-corrected chi connectivity index (χ3v) is 6.38. The van der Waals surface area contributed by atoms with Gasteiger partial charge in [-0.25, -0.2) is 9.97 Å². The van der Waals surface area contributed by atoms with Crippen LogP contribution in [0.5, 0.6) is 5.75 Å². The van der Waals surface area contributed by atoms with E-state index in [1.165, 1.54) is 0 Å². The minimum Gasteiger partial charge on any atom is -0.489 e. The molecule has 1 aliphatic rings. The normalized spacial score (nSPS) is 14.1. The molecule has 2 aromatic heterocycles. The Balaban J connectivity index is 1.17. The summed E-state index contributed by atoms with van der Waals surface area (Å²) in [5.74, 6) is 0.908. The van der Waals surface area contributed by atoms with E-state index in [2.05, 4.69) is 14.9 Å². The summed E-state index contributed by atoms with van der Waals surface area (Å²) in [4.78, 5) is 27.1. The number of carbonyl (C=O) groups is 1. The Morgan fingerprint density at radius 2 is 1.71 bits per heavy atom. The standard InChI is InChI=1S/C24H22N4O2S/c29-23(19-10-8-18(9-11-19)17-30-20-5-2-1-3-6-20)27-13-15-28(16-14-27)24-26-21-7-4-12-25-22(21)31-24/h1-12H,13-17H2. The second-order valence-corrected chi connectivity index (χ2v) is 8.36. The summed E-state index contributed by atoms with van der Waals surface area (Å²) in [5.41, 5.74) is 2.67. The first-order chi connectivity index (χ1) is 15.3. The van der Waals surface area contributed by atoms with E-state index in [0.29, 0.717) is 25.3 Å². The number of aromatic nitrogens is 2. The number of ether oxygens (including phenoxy) is 1. The fraction of sp³-hybridized carbons (Fsp3) is 0.208. The SMILES string of the molecule is O=C(c1ccc(COc2ccccc2)cc1)N1CCN(c2nc3cccnc3s2)CC1. The Bertz CT molecular complexity index is 1140.